The van der Waals surface area contributed by atoms with Gasteiger partial charge in [-0.1, -0.05) is 30.2 Å². The van der Waals surface area contributed by atoms with Crippen molar-refractivity contribution in [3.63, 3.8) is 0 Å². The topological polar surface area (TPSA) is 55.4 Å². The molecule has 1 aromatic rings. The second kappa shape index (κ2) is 5.68. The number of nitrogens with one attached hydrogen (secondary N) is 1. The quantitative estimate of drug-likeness (QED) is 0.850. The van der Waals surface area contributed by atoms with Crippen LogP contribution >= 0.6 is 11.6 Å². The Bertz CT molecular complexity index is 566. The molecule has 112 valence electrons. The molecule has 1 spiro atoms. The van der Waals surface area contributed by atoms with E-state index in [0.29, 0.717) is 10.7 Å². The summed E-state index contributed by atoms with van der Waals surface area (Å²) in [5, 5.41) is 3.34. The van der Waals surface area contributed by atoms with Gasteiger partial charge in [-0.2, -0.15) is 0 Å². The van der Waals surface area contributed by atoms with Crippen LogP contribution in [0.4, 0.5) is 5.69 Å². The fourth-order valence-electron chi connectivity index (χ4n) is 3.41. The van der Waals surface area contributed by atoms with Crippen molar-refractivity contribution in [3.8, 4) is 0 Å². The molecule has 3 rings (SSSR count). The molecule has 1 unspecified atom stereocenters. The van der Waals surface area contributed by atoms with Gasteiger partial charge < -0.3 is 10.1 Å². The van der Waals surface area contributed by atoms with Gasteiger partial charge in [0.1, 0.15) is 5.60 Å². The molecule has 1 amide bonds. The average molecular weight is 308 g/mol. The lowest BCUT2D eigenvalue weighted by molar-refractivity contribution is -0.153. The third-order valence-electron chi connectivity index (χ3n) is 4.47. The molecule has 1 aliphatic heterocycles. The first-order valence-electron chi connectivity index (χ1n) is 7.38. The lowest BCUT2D eigenvalue weighted by Gasteiger charge is -2.36. The average Bonchev–Trinajstić information content (AvgIpc) is 2.78. The van der Waals surface area contributed by atoms with E-state index < -0.39 is 11.5 Å². The Morgan fingerprint density at radius 2 is 1.95 bits per heavy atom. The van der Waals surface area contributed by atoms with Gasteiger partial charge in [0.25, 0.3) is 0 Å². The van der Waals surface area contributed by atoms with Gasteiger partial charge in [0.05, 0.1) is 23.0 Å². The van der Waals surface area contributed by atoms with Crippen LogP contribution in [0.5, 0.6) is 0 Å². The molecule has 1 atom stereocenters. The zero-order valence-electron chi connectivity index (χ0n) is 11.7. The van der Waals surface area contributed by atoms with E-state index in [1.165, 1.54) is 0 Å². The molecule has 21 heavy (non-hydrogen) atoms. The van der Waals surface area contributed by atoms with Crippen molar-refractivity contribution < 1.29 is 14.3 Å². The maximum absolute atomic E-state index is 12.6. The maximum atomic E-state index is 12.6. The Morgan fingerprint density at radius 3 is 2.67 bits per heavy atom. The van der Waals surface area contributed by atoms with E-state index in [2.05, 4.69) is 5.32 Å². The molecular formula is C16H18ClNO3. The van der Waals surface area contributed by atoms with Crippen LogP contribution in [0, 0.1) is 5.92 Å². The van der Waals surface area contributed by atoms with Crippen LogP contribution in [0.2, 0.25) is 5.02 Å². The minimum Gasteiger partial charge on any atom is -0.458 e. The number of ether oxygens (including phenoxy) is 1. The third kappa shape index (κ3) is 2.77. The molecule has 1 N–H and O–H groups in total. The van der Waals surface area contributed by atoms with Gasteiger partial charge in [0, 0.05) is 0 Å². The summed E-state index contributed by atoms with van der Waals surface area (Å²) in [5.74, 6) is -0.853. The van der Waals surface area contributed by atoms with Crippen molar-refractivity contribution in [1.82, 2.24) is 0 Å². The molecule has 2 fully saturated rings. The van der Waals surface area contributed by atoms with Gasteiger partial charge in [-0.15, -0.1) is 0 Å². The molecule has 0 radical (unpaired) electrons. The number of carbonyl (C=O) groups excluding carboxylic acids is 2. The molecule has 1 heterocycles. The molecule has 2 aliphatic rings. The molecule has 5 heteroatoms. The van der Waals surface area contributed by atoms with Crippen LogP contribution in [0.3, 0.4) is 0 Å². The van der Waals surface area contributed by atoms with Crippen LogP contribution in [0.1, 0.15) is 38.5 Å². The van der Waals surface area contributed by atoms with Crippen molar-refractivity contribution in [1.29, 1.82) is 0 Å². The third-order valence-corrected chi connectivity index (χ3v) is 4.80. The largest absolute Gasteiger partial charge is 0.458 e. The van der Waals surface area contributed by atoms with Crippen molar-refractivity contribution in [2.45, 2.75) is 44.1 Å². The van der Waals surface area contributed by atoms with E-state index >= 15 is 0 Å². The van der Waals surface area contributed by atoms with Gasteiger partial charge in [-0.3, -0.25) is 9.59 Å². The van der Waals surface area contributed by atoms with E-state index in [4.69, 9.17) is 16.3 Å². The normalized spacial score (nSPS) is 23.9. The Morgan fingerprint density at radius 1 is 1.24 bits per heavy atom. The molecule has 1 aromatic carbocycles. The number of hydrogen-bond donors (Lipinski definition) is 1. The first-order valence-corrected chi connectivity index (χ1v) is 7.76. The number of rotatable bonds is 2. The molecule has 0 aromatic heterocycles. The monoisotopic (exact) mass is 307 g/mol. The number of carbonyl (C=O) groups is 2. The highest BCUT2D eigenvalue weighted by Crippen LogP contribution is 2.44. The zero-order chi connectivity index (χ0) is 14.9. The molecule has 1 aliphatic carbocycles. The van der Waals surface area contributed by atoms with Gasteiger partial charge in [-0.05, 0) is 37.8 Å². The maximum Gasteiger partial charge on any atom is 0.307 e. The van der Waals surface area contributed by atoms with Crippen LogP contribution in [-0.2, 0) is 14.3 Å². The number of benzene rings is 1. The van der Waals surface area contributed by atoms with Crippen molar-refractivity contribution >= 4 is 29.2 Å². The van der Waals surface area contributed by atoms with Crippen LogP contribution < -0.4 is 5.32 Å². The van der Waals surface area contributed by atoms with Gasteiger partial charge in [-0.25, -0.2) is 0 Å². The van der Waals surface area contributed by atoms with E-state index in [9.17, 15) is 9.59 Å². The minimum atomic E-state index is -0.597. The highest BCUT2D eigenvalue weighted by Gasteiger charge is 2.52. The Hall–Kier alpha value is -1.55. The van der Waals surface area contributed by atoms with Crippen LogP contribution in [0.25, 0.3) is 0 Å². The summed E-state index contributed by atoms with van der Waals surface area (Å²) in [6.45, 7) is 0. The number of amides is 1. The molecular weight excluding hydrogens is 290 g/mol. The first kappa shape index (κ1) is 14.4. The number of para-hydroxylation sites is 1. The molecule has 4 nitrogen and oxygen atoms in total. The lowest BCUT2D eigenvalue weighted by Crippen LogP contribution is -2.43. The summed E-state index contributed by atoms with van der Waals surface area (Å²) in [6.07, 6.45) is 4.86. The first-order chi connectivity index (χ1) is 10.1. The zero-order valence-corrected chi connectivity index (χ0v) is 12.5. The number of anilines is 1. The SMILES string of the molecule is O=C1CC(C(=O)Nc2ccccc2Cl)C2(CCCCC2)O1. The summed E-state index contributed by atoms with van der Waals surface area (Å²) in [7, 11) is 0. The fourth-order valence-corrected chi connectivity index (χ4v) is 3.59. The number of esters is 1. The summed E-state index contributed by atoms with van der Waals surface area (Å²) >= 11 is 6.07. The van der Waals surface area contributed by atoms with Crippen molar-refractivity contribution in [2.24, 2.45) is 5.92 Å². The Kier molecular flexibility index (Phi) is 3.89. The van der Waals surface area contributed by atoms with Crippen molar-refractivity contribution in [3.05, 3.63) is 29.3 Å². The second-order valence-corrected chi connectivity index (χ2v) is 6.23. The Labute approximate surface area is 128 Å². The summed E-state index contributed by atoms with van der Waals surface area (Å²) in [5.41, 5.74) is -0.0183. The second-order valence-electron chi connectivity index (χ2n) is 5.83. The smallest absolute Gasteiger partial charge is 0.307 e. The standard InChI is InChI=1S/C16H18ClNO3/c17-12-6-2-3-7-13(12)18-15(20)11-10-14(19)21-16(11)8-4-1-5-9-16/h2-3,6-7,11H,1,4-5,8-10H2,(H,18,20). The number of halogens is 1. The molecule has 1 saturated carbocycles. The molecule has 1 saturated heterocycles. The van der Waals surface area contributed by atoms with Crippen LogP contribution in [-0.4, -0.2) is 17.5 Å². The van der Waals surface area contributed by atoms with Gasteiger partial charge in [0.2, 0.25) is 5.91 Å². The van der Waals surface area contributed by atoms with E-state index in [-0.39, 0.29) is 18.3 Å². The van der Waals surface area contributed by atoms with Gasteiger partial charge in [0.15, 0.2) is 0 Å². The van der Waals surface area contributed by atoms with Crippen LogP contribution in [0.15, 0.2) is 24.3 Å². The molecule has 0 bridgehead atoms. The Balaban J connectivity index is 1.79. The van der Waals surface area contributed by atoms with Gasteiger partial charge >= 0.3 is 5.97 Å². The van der Waals surface area contributed by atoms with Crippen molar-refractivity contribution in [2.75, 3.05) is 5.32 Å². The predicted octanol–water partition coefficient (Wildman–Crippen LogP) is 3.54. The summed E-state index contributed by atoms with van der Waals surface area (Å²) < 4.78 is 5.56. The fraction of sp³-hybridized carbons (Fsp3) is 0.500. The van der Waals surface area contributed by atoms with E-state index in [1.54, 1.807) is 12.1 Å². The lowest BCUT2D eigenvalue weighted by atomic mass is 9.75. The highest BCUT2D eigenvalue weighted by atomic mass is 35.5. The predicted molar refractivity (Wildman–Crippen MR) is 80.1 cm³/mol. The summed E-state index contributed by atoms with van der Waals surface area (Å²) in [6, 6.07) is 7.10. The van der Waals surface area contributed by atoms with E-state index in [1.807, 2.05) is 12.1 Å². The number of hydrogen-bond acceptors (Lipinski definition) is 3. The highest BCUT2D eigenvalue weighted by molar-refractivity contribution is 6.33. The minimum absolute atomic E-state index is 0.163. The van der Waals surface area contributed by atoms with E-state index in [0.717, 1.165) is 32.1 Å². The summed E-state index contributed by atoms with van der Waals surface area (Å²) in [4.78, 5) is 24.3.